The third-order valence-corrected chi connectivity index (χ3v) is 4.99. The van der Waals surface area contributed by atoms with Crippen molar-refractivity contribution in [2.45, 2.75) is 52.5 Å². The summed E-state index contributed by atoms with van der Waals surface area (Å²) in [5, 5.41) is 3.03. The lowest BCUT2D eigenvalue weighted by atomic mass is 10.2. The van der Waals surface area contributed by atoms with Crippen LogP contribution in [0.1, 0.15) is 38.3 Å². The van der Waals surface area contributed by atoms with Gasteiger partial charge in [-0.2, -0.15) is 0 Å². The second-order valence-electron chi connectivity index (χ2n) is 7.75. The molecule has 2 aromatic rings. The van der Waals surface area contributed by atoms with Gasteiger partial charge in [-0.3, -0.25) is 0 Å². The van der Waals surface area contributed by atoms with E-state index in [1.807, 2.05) is 53.6 Å². The summed E-state index contributed by atoms with van der Waals surface area (Å²) in [5.41, 5.74) is 2.13. The molecule has 2 heterocycles. The maximum Gasteiger partial charge on any atom is 0.317 e. The van der Waals surface area contributed by atoms with Crippen LogP contribution >= 0.6 is 0 Å². The quantitative estimate of drug-likeness (QED) is 0.773. The molecule has 1 aromatic heterocycles. The van der Waals surface area contributed by atoms with Gasteiger partial charge in [-0.25, -0.2) is 9.78 Å². The Labute approximate surface area is 173 Å². The molecule has 0 spiro atoms. The van der Waals surface area contributed by atoms with Crippen LogP contribution < -0.4 is 10.2 Å². The Bertz CT molecular complexity index is 756. The van der Waals surface area contributed by atoms with Gasteiger partial charge in [0.05, 0.1) is 12.2 Å². The van der Waals surface area contributed by atoms with E-state index < -0.39 is 0 Å². The van der Waals surface area contributed by atoms with Crippen LogP contribution in [-0.4, -0.2) is 47.8 Å². The van der Waals surface area contributed by atoms with E-state index in [1.54, 1.807) is 0 Å². The zero-order valence-corrected chi connectivity index (χ0v) is 17.7. The molecular formula is C23H32N4O2. The zero-order chi connectivity index (χ0) is 20.6. The number of carbonyl (C=O) groups excluding carboxylic acids is 1. The summed E-state index contributed by atoms with van der Waals surface area (Å²) >= 11 is 0. The third kappa shape index (κ3) is 6.19. The molecule has 29 heavy (non-hydrogen) atoms. The molecule has 3 rings (SSSR count). The number of nitrogens with zero attached hydrogens (tertiary/aromatic N) is 3. The fourth-order valence-electron chi connectivity index (χ4n) is 3.69. The van der Waals surface area contributed by atoms with Crippen LogP contribution in [0.2, 0.25) is 0 Å². The second kappa shape index (κ2) is 10.3. The van der Waals surface area contributed by atoms with Gasteiger partial charge in [0.25, 0.3) is 0 Å². The van der Waals surface area contributed by atoms with E-state index in [4.69, 9.17) is 4.74 Å². The molecule has 0 radical (unpaired) electrons. The first-order chi connectivity index (χ1) is 14.0. The number of hydrogen-bond acceptors (Lipinski definition) is 4. The largest absolute Gasteiger partial charge is 0.372 e. The van der Waals surface area contributed by atoms with E-state index in [1.165, 1.54) is 0 Å². The first-order valence-electron chi connectivity index (χ1n) is 10.5. The van der Waals surface area contributed by atoms with Gasteiger partial charge >= 0.3 is 6.03 Å². The Morgan fingerprint density at radius 2 is 1.86 bits per heavy atom. The van der Waals surface area contributed by atoms with Crippen LogP contribution in [0.4, 0.5) is 10.6 Å². The molecule has 0 saturated carbocycles. The maximum absolute atomic E-state index is 12.7. The number of nitrogens with one attached hydrogen (secondary N) is 1. The lowest BCUT2D eigenvalue weighted by Crippen LogP contribution is -2.45. The van der Waals surface area contributed by atoms with Crippen LogP contribution in [0, 0.1) is 0 Å². The summed E-state index contributed by atoms with van der Waals surface area (Å²) in [6, 6.07) is 14.1. The monoisotopic (exact) mass is 396 g/mol. The molecule has 1 aromatic carbocycles. The minimum Gasteiger partial charge on any atom is -0.372 e. The van der Waals surface area contributed by atoms with Crippen molar-refractivity contribution in [3.05, 3.63) is 59.8 Å². The SMILES string of the molecule is CCCN(Cc1ccccc1)C(=O)NCc1ccc(N2CC(C)OC(C)C2)nc1. The van der Waals surface area contributed by atoms with Gasteiger partial charge in [0.15, 0.2) is 0 Å². The highest BCUT2D eigenvalue weighted by molar-refractivity contribution is 5.74. The van der Waals surface area contributed by atoms with Crippen molar-refractivity contribution in [3.63, 3.8) is 0 Å². The summed E-state index contributed by atoms with van der Waals surface area (Å²) in [6.07, 6.45) is 3.18. The van der Waals surface area contributed by atoms with Gasteiger partial charge in [-0.1, -0.05) is 43.3 Å². The molecule has 0 aliphatic carbocycles. The first-order valence-corrected chi connectivity index (χ1v) is 10.5. The Morgan fingerprint density at radius 3 is 2.48 bits per heavy atom. The van der Waals surface area contributed by atoms with E-state index in [2.05, 4.69) is 36.0 Å². The topological polar surface area (TPSA) is 57.7 Å². The standard InChI is InChI=1S/C23H32N4O2/c1-4-12-26(17-20-8-6-5-7-9-20)23(28)25-14-21-10-11-22(24-13-21)27-15-18(2)29-19(3)16-27/h5-11,13,18-19H,4,12,14-17H2,1-3H3,(H,25,28). The van der Waals surface area contributed by atoms with Crippen LogP contribution in [0.3, 0.4) is 0 Å². The molecule has 0 bridgehead atoms. The van der Waals surface area contributed by atoms with Gasteiger partial charge in [0.1, 0.15) is 5.82 Å². The number of morpholine rings is 1. The lowest BCUT2D eigenvalue weighted by molar-refractivity contribution is -0.00546. The molecule has 6 heteroatoms. The summed E-state index contributed by atoms with van der Waals surface area (Å²) in [5.74, 6) is 0.957. The highest BCUT2D eigenvalue weighted by atomic mass is 16.5. The number of anilines is 1. The van der Waals surface area contributed by atoms with Crippen molar-refractivity contribution in [2.75, 3.05) is 24.5 Å². The van der Waals surface area contributed by atoms with E-state index >= 15 is 0 Å². The van der Waals surface area contributed by atoms with Crippen molar-refractivity contribution in [1.29, 1.82) is 0 Å². The van der Waals surface area contributed by atoms with Crippen molar-refractivity contribution >= 4 is 11.8 Å². The second-order valence-corrected chi connectivity index (χ2v) is 7.75. The average Bonchev–Trinajstić information content (AvgIpc) is 2.72. The van der Waals surface area contributed by atoms with Crippen LogP contribution in [-0.2, 0) is 17.8 Å². The van der Waals surface area contributed by atoms with Crippen LogP contribution in [0.5, 0.6) is 0 Å². The molecule has 1 saturated heterocycles. The van der Waals surface area contributed by atoms with Crippen LogP contribution in [0.15, 0.2) is 48.7 Å². The lowest BCUT2D eigenvalue weighted by Gasteiger charge is -2.36. The molecule has 6 nitrogen and oxygen atoms in total. The Kier molecular flexibility index (Phi) is 7.47. The van der Waals surface area contributed by atoms with E-state index in [0.717, 1.165) is 43.0 Å². The van der Waals surface area contributed by atoms with Crippen LogP contribution in [0.25, 0.3) is 0 Å². The number of ether oxygens (including phenoxy) is 1. The van der Waals surface area contributed by atoms with E-state index in [-0.39, 0.29) is 18.2 Å². The molecule has 1 fully saturated rings. The van der Waals surface area contributed by atoms with Gasteiger partial charge in [-0.05, 0) is 37.5 Å². The summed E-state index contributed by atoms with van der Waals surface area (Å²) in [6.45, 7) is 9.76. The zero-order valence-electron chi connectivity index (χ0n) is 17.7. The summed E-state index contributed by atoms with van der Waals surface area (Å²) in [7, 11) is 0. The normalized spacial score (nSPS) is 19.1. The number of carbonyl (C=O) groups is 1. The summed E-state index contributed by atoms with van der Waals surface area (Å²) < 4.78 is 5.79. The predicted octanol–water partition coefficient (Wildman–Crippen LogP) is 3.82. The molecule has 156 valence electrons. The Hall–Kier alpha value is -2.60. The number of aromatic nitrogens is 1. The van der Waals surface area contributed by atoms with E-state index in [9.17, 15) is 4.79 Å². The number of pyridine rings is 1. The molecular weight excluding hydrogens is 364 g/mol. The molecule has 1 aliphatic rings. The molecule has 1 N–H and O–H groups in total. The van der Waals surface area contributed by atoms with Gasteiger partial charge in [0.2, 0.25) is 0 Å². The first kappa shape index (κ1) is 21.1. The van der Waals surface area contributed by atoms with Gasteiger partial charge in [0, 0.05) is 38.9 Å². The number of hydrogen-bond donors (Lipinski definition) is 1. The molecule has 2 atom stereocenters. The molecule has 2 unspecified atom stereocenters. The minimum atomic E-state index is -0.0457. The maximum atomic E-state index is 12.7. The summed E-state index contributed by atoms with van der Waals surface area (Å²) in [4.78, 5) is 21.4. The van der Waals surface area contributed by atoms with Crippen molar-refractivity contribution < 1.29 is 9.53 Å². The van der Waals surface area contributed by atoms with Gasteiger partial charge < -0.3 is 19.9 Å². The molecule has 2 amide bonds. The predicted molar refractivity (Wildman–Crippen MR) is 116 cm³/mol. The highest BCUT2D eigenvalue weighted by Gasteiger charge is 2.23. The molecule has 1 aliphatic heterocycles. The minimum absolute atomic E-state index is 0.0457. The fourth-order valence-corrected chi connectivity index (χ4v) is 3.69. The number of rotatable bonds is 7. The number of urea groups is 1. The average molecular weight is 397 g/mol. The van der Waals surface area contributed by atoms with E-state index in [0.29, 0.717) is 13.1 Å². The van der Waals surface area contributed by atoms with Crippen molar-refractivity contribution in [1.82, 2.24) is 15.2 Å². The smallest absolute Gasteiger partial charge is 0.317 e. The highest BCUT2D eigenvalue weighted by Crippen LogP contribution is 2.18. The van der Waals surface area contributed by atoms with Crippen molar-refractivity contribution in [2.24, 2.45) is 0 Å². The van der Waals surface area contributed by atoms with Gasteiger partial charge in [-0.15, -0.1) is 0 Å². The number of benzene rings is 1. The fraction of sp³-hybridized carbons (Fsp3) is 0.478. The van der Waals surface area contributed by atoms with Crippen molar-refractivity contribution in [3.8, 4) is 0 Å². The Balaban J connectivity index is 1.54. The Morgan fingerprint density at radius 1 is 1.14 bits per heavy atom. The third-order valence-electron chi connectivity index (χ3n) is 4.99. The number of amides is 2.